The Morgan fingerprint density at radius 1 is 1.22 bits per heavy atom. The minimum atomic E-state index is -0.352. The molecule has 0 N–H and O–H groups in total. The van der Waals surface area contributed by atoms with Crippen LogP contribution in [0, 0.1) is 6.92 Å². The second-order valence-corrected chi connectivity index (χ2v) is 8.71. The minimum Gasteiger partial charge on any atom is -0.277 e. The van der Waals surface area contributed by atoms with Crippen LogP contribution in [-0.2, 0) is 19.3 Å². The number of nitrogens with zero attached hydrogens (tertiary/aromatic N) is 5. The van der Waals surface area contributed by atoms with Crippen LogP contribution < -0.4 is 11.2 Å². The second kappa shape index (κ2) is 7.93. The molecule has 0 amide bonds. The molecule has 3 rings (SSSR count). The maximum Gasteiger partial charge on any atom is 0.332 e. The van der Waals surface area contributed by atoms with Gasteiger partial charge in [-0.05, 0) is 13.3 Å². The molecule has 0 aliphatic heterocycles. The monoisotopic (exact) mass is 405 g/mol. The van der Waals surface area contributed by atoms with Crippen molar-refractivity contribution in [2.45, 2.75) is 57.4 Å². The maximum atomic E-state index is 12.9. The van der Waals surface area contributed by atoms with Crippen LogP contribution in [-0.4, -0.2) is 24.1 Å². The minimum absolute atomic E-state index is 0.0875. The highest BCUT2D eigenvalue weighted by atomic mass is 32.2. The number of hydrogen-bond acceptors (Lipinski definition) is 7. The van der Waals surface area contributed by atoms with Crippen LogP contribution in [0.4, 0.5) is 0 Å². The van der Waals surface area contributed by atoms with Crippen molar-refractivity contribution in [2.75, 3.05) is 0 Å². The highest BCUT2D eigenvalue weighted by Crippen LogP contribution is 2.28. The number of aryl methyl sites for hydroxylation is 2. The average molecular weight is 406 g/mol. The summed E-state index contributed by atoms with van der Waals surface area (Å²) < 4.78 is 2.73. The van der Waals surface area contributed by atoms with E-state index in [1.807, 2.05) is 33.1 Å². The van der Waals surface area contributed by atoms with Crippen molar-refractivity contribution in [2.24, 2.45) is 7.05 Å². The fourth-order valence-electron chi connectivity index (χ4n) is 2.76. The van der Waals surface area contributed by atoms with Gasteiger partial charge in [-0.25, -0.2) is 19.7 Å². The van der Waals surface area contributed by atoms with Gasteiger partial charge in [-0.3, -0.25) is 13.9 Å². The molecule has 0 spiro atoms. The first-order valence-corrected chi connectivity index (χ1v) is 10.7. The Bertz CT molecular complexity index is 1100. The first-order valence-electron chi connectivity index (χ1n) is 8.88. The molecule has 0 aliphatic rings. The molecule has 7 nitrogen and oxygen atoms in total. The second-order valence-electron chi connectivity index (χ2n) is 6.69. The van der Waals surface area contributed by atoms with E-state index in [0.29, 0.717) is 34.2 Å². The lowest BCUT2D eigenvalue weighted by Crippen LogP contribution is -2.39. The van der Waals surface area contributed by atoms with Crippen LogP contribution in [0.1, 0.15) is 49.6 Å². The predicted octanol–water partition coefficient (Wildman–Crippen LogP) is 3.08. The topological polar surface area (TPSA) is 82.7 Å². The Morgan fingerprint density at radius 2 is 1.96 bits per heavy atom. The van der Waals surface area contributed by atoms with Gasteiger partial charge in [-0.1, -0.05) is 32.5 Å². The fourth-order valence-corrected chi connectivity index (χ4v) is 4.39. The highest BCUT2D eigenvalue weighted by molar-refractivity contribution is 7.98. The lowest BCUT2D eigenvalue weighted by Gasteiger charge is -2.14. The molecule has 3 aromatic heterocycles. The van der Waals surface area contributed by atoms with E-state index in [1.165, 1.54) is 18.8 Å². The molecule has 9 heteroatoms. The SMILES string of the molecule is CCCn1c(=O)n(C)c(=O)c2c(SCc3csc(C)n3)nc(C(C)C)nc21. The molecule has 0 radical (unpaired) electrons. The van der Waals surface area contributed by atoms with Crippen molar-refractivity contribution in [3.63, 3.8) is 0 Å². The van der Waals surface area contributed by atoms with E-state index in [0.717, 1.165) is 21.7 Å². The van der Waals surface area contributed by atoms with Crippen LogP contribution in [0.25, 0.3) is 11.0 Å². The summed E-state index contributed by atoms with van der Waals surface area (Å²) in [6.07, 6.45) is 0.773. The third-order valence-corrected chi connectivity index (χ3v) is 5.98. The molecule has 0 aromatic carbocycles. The van der Waals surface area contributed by atoms with E-state index in [-0.39, 0.29) is 17.2 Å². The number of rotatable bonds is 6. The lowest BCUT2D eigenvalue weighted by molar-refractivity contribution is 0.603. The number of thiazole rings is 1. The number of aromatic nitrogens is 5. The van der Waals surface area contributed by atoms with Crippen molar-refractivity contribution in [3.05, 3.63) is 42.7 Å². The number of thioether (sulfide) groups is 1. The molecule has 0 aliphatic carbocycles. The smallest absolute Gasteiger partial charge is 0.277 e. The summed E-state index contributed by atoms with van der Waals surface area (Å²) in [6.45, 7) is 8.47. The quantitative estimate of drug-likeness (QED) is 0.463. The summed E-state index contributed by atoms with van der Waals surface area (Å²) in [6, 6.07) is 0. The standard InChI is InChI=1S/C18H23N5O2S2/c1-6-7-23-15-13(17(24)22(5)18(23)25)16(21-14(20-15)10(2)3)27-9-12-8-26-11(4)19-12/h8,10H,6-7,9H2,1-5H3. The van der Waals surface area contributed by atoms with Gasteiger partial charge in [-0.15, -0.1) is 11.3 Å². The molecule has 3 heterocycles. The van der Waals surface area contributed by atoms with Crippen LogP contribution in [0.5, 0.6) is 0 Å². The molecular weight excluding hydrogens is 382 g/mol. The van der Waals surface area contributed by atoms with Gasteiger partial charge in [-0.2, -0.15) is 0 Å². The summed E-state index contributed by atoms with van der Waals surface area (Å²) in [5.74, 6) is 1.34. The van der Waals surface area contributed by atoms with Gasteiger partial charge in [0.2, 0.25) is 0 Å². The molecule has 0 fully saturated rings. The largest absolute Gasteiger partial charge is 0.332 e. The van der Waals surface area contributed by atoms with Crippen molar-refractivity contribution >= 4 is 34.1 Å². The summed E-state index contributed by atoms with van der Waals surface area (Å²) in [4.78, 5) is 39.2. The van der Waals surface area contributed by atoms with Gasteiger partial charge < -0.3 is 0 Å². The first-order chi connectivity index (χ1) is 12.8. The van der Waals surface area contributed by atoms with Crippen molar-refractivity contribution in [1.29, 1.82) is 0 Å². The number of hydrogen-bond donors (Lipinski definition) is 0. The van der Waals surface area contributed by atoms with E-state index in [9.17, 15) is 9.59 Å². The molecule has 27 heavy (non-hydrogen) atoms. The molecule has 0 unspecified atom stereocenters. The van der Waals surface area contributed by atoms with Gasteiger partial charge in [0, 0.05) is 30.6 Å². The zero-order chi connectivity index (χ0) is 19.7. The van der Waals surface area contributed by atoms with E-state index in [2.05, 4.69) is 15.0 Å². The van der Waals surface area contributed by atoms with Gasteiger partial charge in [0.25, 0.3) is 5.56 Å². The van der Waals surface area contributed by atoms with Crippen molar-refractivity contribution in [3.8, 4) is 0 Å². The summed E-state index contributed by atoms with van der Waals surface area (Å²) in [5.41, 5.74) is 0.697. The molecule has 3 aromatic rings. The van der Waals surface area contributed by atoms with E-state index in [1.54, 1.807) is 15.9 Å². The Morgan fingerprint density at radius 3 is 2.56 bits per heavy atom. The van der Waals surface area contributed by atoms with Gasteiger partial charge in [0.15, 0.2) is 5.65 Å². The highest BCUT2D eigenvalue weighted by Gasteiger charge is 2.20. The number of fused-ring (bicyclic) bond motifs is 1. The molecule has 144 valence electrons. The Hall–Kier alpha value is -2.00. The van der Waals surface area contributed by atoms with Crippen LogP contribution >= 0.6 is 23.1 Å². The van der Waals surface area contributed by atoms with Gasteiger partial charge in [0.1, 0.15) is 16.2 Å². The zero-order valence-electron chi connectivity index (χ0n) is 16.1. The van der Waals surface area contributed by atoms with Crippen LogP contribution in [0.15, 0.2) is 20.0 Å². The maximum absolute atomic E-state index is 12.9. The summed E-state index contributed by atoms with van der Waals surface area (Å²) in [7, 11) is 1.50. The Balaban J connectivity index is 2.23. The molecular formula is C18H23N5O2S2. The zero-order valence-corrected chi connectivity index (χ0v) is 17.8. The van der Waals surface area contributed by atoms with E-state index in [4.69, 9.17) is 0 Å². The summed E-state index contributed by atoms with van der Waals surface area (Å²) in [5, 5.41) is 4.04. The Kier molecular flexibility index (Phi) is 5.81. The third-order valence-electron chi connectivity index (χ3n) is 4.15. The average Bonchev–Trinajstić information content (AvgIpc) is 3.06. The van der Waals surface area contributed by atoms with Gasteiger partial charge in [0.05, 0.1) is 10.7 Å². The van der Waals surface area contributed by atoms with Crippen molar-refractivity contribution < 1.29 is 0 Å². The molecule has 0 atom stereocenters. The molecule has 0 saturated heterocycles. The first kappa shape index (κ1) is 19.8. The predicted molar refractivity (Wildman–Crippen MR) is 110 cm³/mol. The molecule has 0 bridgehead atoms. The summed E-state index contributed by atoms with van der Waals surface area (Å²) >= 11 is 3.07. The van der Waals surface area contributed by atoms with E-state index < -0.39 is 0 Å². The van der Waals surface area contributed by atoms with Crippen LogP contribution in [0.3, 0.4) is 0 Å². The fraction of sp³-hybridized carbons (Fsp3) is 0.500. The van der Waals surface area contributed by atoms with Crippen LogP contribution in [0.2, 0.25) is 0 Å². The lowest BCUT2D eigenvalue weighted by atomic mass is 10.2. The van der Waals surface area contributed by atoms with Gasteiger partial charge >= 0.3 is 5.69 Å². The third kappa shape index (κ3) is 3.84. The van der Waals surface area contributed by atoms with E-state index >= 15 is 0 Å². The van der Waals surface area contributed by atoms with Crippen molar-refractivity contribution in [1.82, 2.24) is 24.1 Å². The Labute approximate surface area is 165 Å². The normalized spacial score (nSPS) is 11.6. The molecule has 0 saturated carbocycles.